The summed E-state index contributed by atoms with van der Waals surface area (Å²) in [6.45, 7) is 7.23. The first-order valence-corrected chi connectivity index (χ1v) is 9.96. The van der Waals surface area contributed by atoms with E-state index in [-0.39, 0.29) is 40.0 Å². The van der Waals surface area contributed by atoms with Crippen LogP contribution in [0.25, 0.3) is 0 Å². The van der Waals surface area contributed by atoms with Crippen LogP contribution in [0.4, 0.5) is 0 Å². The van der Waals surface area contributed by atoms with Crippen LogP contribution in [0.2, 0.25) is 0 Å². The molecule has 140 valence electrons. The van der Waals surface area contributed by atoms with Gasteiger partial charge < -0.3 is 19.3 Å². The molecule has 5 heteroatoms. The van der Waals surface area contributed by atoms with E-state index >= 15 is 0 Å². The average Bonchev–Trinajstić information content (AvgIpc) is 3.17. The summed E-state index contributed by atoms with van der Waals surface area (Å²) in [5.74, 6) is 0.578. The largest absolute Gasteiger partial charge is 0.462 e. The third-order valence-corrected chi connectivity index (χ3v) is 8.65. The zero-order valence-electron chi connectivity index (χ0n) is 15.5. The first-order chi connectivity index (χ1) is 11.7. The van der Waals surface area contributed by atoms with E-state index in [9.17, 15) is 9.90 Å². The SMILES string of the molecule is C[C@@H]1C[C@H]2OC(=O)[C@@]3(C)CCC[C@@](C)([C@@H]23)[C@@]12CC[C@]1(CO[C@@H](O)C1)O2. The van der Waals surface area contributed by atoms with Gasteiger partial charge >= 0.3 is 5.97 Å². The molecule has 2 saturated carbocycles. The molecule has 5 fully saturated rings. The van der Waals surface area contributed by atoms with E-state index in [1.54, 1.807) is 0 Å². The molecule has 3 aliphatic heterocycles. The number of aliphatic hydroxyl groups excluding tert-OH is 1. The molecule has 0 radical (unpaired) electrons. The van der Waals surface area contributed by atoms with Crippen LogP contribution in [0.15, 0.2) is 0 Å². The van der Waals surface area contributed by atoms with Gasteiger partial charge in [0, 0.05) is 17.8 Å². The number of carbonyl (C=O) groups excluding carboxylic acids is 1. The lowest BCUT2D eigenvalue weighted by molar-refractivity contribution is -0.251. The van der Waals surface area contributed by atoms with Crippen molar-refractivity contribution in [1.82, 2.24) is 0 Å². The molecule has 25 heavy (non-hydrogen) atoms. The van der Waals surface area contributed by atoms with Crippen molar-refractivity contribution < 1.29 is 24.1 Å². The molecule has 0 amide bonds. The summed E-state index contributed by atoms with van der Waals surface area (Å²) in [4.78, 5) is 12.7. The Bertz CT molecular complexity index is 621. The van der Waals surface area contributed by atoms with Crippen LogP contribution >= 0.6 is 0 Å². The summed E-state index contributed by atoms with van der Waals surface area (Å²) in [5.41, 5.74) is -1.01. The number of aliphatic hydroxyl groups is 1. The van der Waals surface area contributed by atoms with E-state index in [0.29, 0.717) is 18.9 Å². The molecule has 0 aromatic heterocycles. The number of ether oxygens (including phenoxy) is 3. The van der Waals surface area contributed by atoms with Crippen molar-refractivity contribution in [2.75, 3.05) is 6.61 Å². The Morgan fingerprint density at radius 3 is 2.68 bits per heavy atom. The quantitative estimate of drug-likeness (QED) is 0.681. The molecule has 0 aromatic rings. The fourth-order valence-electron chi connectivity index (χ4n) is 7.57. The van der Waals surface area contributed by atoms with Crippen LogP contribution in [-0.4, -0.2) is 41.3 Å². The minimum Gasteiger partial charge on any atom is -0.462 e. The van der Waals surface area contributed by atoms with Crippen molar-refractivity contribution in [2.45, 2.75) is 89.3 Å². The molecule has 5 nitrogen and oxygen atoms in total. The lowest BCUT2D eigenvalue weighted by atomic mass is 9.44. The number of hydrogen-bond acceptors (Lipinski definition) is 5. The van der Waals surface area contributed by atoms with Gasteiger partial charge in [-0.15, -0.1) is 0 Å². The average molecular weight is 350 g/mol. The summed E-state index contributed by atoms with van der Waals surface area (Å²) in [6.07, 6.45) is 5.79. The smallest absolute Gasteiger partial charge is 0.312 e. The van der Waals surface area contributed by atoms with Crippen LogP contribution < -0.4 is 0 Å². The molecule has 5 aliphatic rings. The number of esters is 1. The highest BCUT2D eigenvalue weighted by molar-refractivity contribution is 5.80. The van der Waals surface area contributed by atoms with Gasteiger partial charge in [-0.2, -0.15) is 0 Å². The fraction of sp³-hybridized carbons (Fsp3) is 0.950. The van der Waals surface area contributed by atoms with Gasteiger partial charge in [-0.3, -0.25) is 4.79 Å². The van der Waals surface area contributed by atoms with E-state index in [0.717, 1.165) is 38.5 Å². The maximum atomic E-state index is 12.7. The summed E-state index contributed by atoms with van der Waals surface area (Å²) in [6, 6.07) is 0. The number of hydrogen-bond donors (Lipinski definition) is 1. The van der Waals surface area contributed by atoms with E-state index in [1.165, 1.54) is 0 Å². The van der Waals surface area contributed by atoms with Gasteiger partial charge in [-0.1, -0.05) is 20.3 Å². The predicted octanol–water partition coefficient (Wildman–Crippen LogP) is 2.79. The van der Waals surface area contributed by atoms with Crippen LogP contribution in [0.1, 0.15) is 65.7 Å². The van der Waals surface area contributed by atoms with Gasteiger partial charge in [-0.05, 0) is 44.9 Å². The maximum absolute atomic E-state index is 12.7. The van der Waals surface area contributed by atoms with E-state index in [4.69, 9.17) is 14.2 Å². The molecule has 0 aromatic carbocycles. The van der Waals surface area contributed by atoms with Gasteiger partial charge in [0.25, 0.3) is 0 Å². The first kappa shape index (κ1) is 16.5. The van der Waals surface area contributed by atoms with Crippen molar-refractivity contribution in [2.24, 2.45) is 22.7 Å². The molecule has 0 bridgehead atoms. The third kappa shape index (κ3) is 1.83. The maximum Gasteiger partial charge on any atom is 0.312 e. The Labute approximate surface area is 149 Å². The van der Waals surface area contributed by atoms with Crippen molar-refractivity contribution in [3.8, 4) is 0 Å². The van der Waals surface area contributed by atoms with Gasteiger partial charge in [0.15, 0.2) is 6.29 Å². The van der Waals surface area contributed by atoms with Gasteiger partial charge in [0.2, 0.25) is 0 Å². The summed E-state index contributed by atoms with van der Waals surface area (Å²) < 4.78 is 18.3. The van der Waals surface area contributed by atoms with E-state index in [2.05, 4.69) is 20.8 Å². The number of carbonyl (C=O) groups is 1. The molecule has 3 saturated heterocycles. The molecular formula is C20H30O5. The van der Waals surface area contributed by atoms with Gasteiger partial charge in [0.1, 0.15) is 6.10 Å². The Hall–Kier alpha value is -0.650. The predicted molar refractivity (Wildman–Crippen MR) is 89.6 cm³/mol. The van der Waals surface area contributed by atoms with Crippen molar-refractivity contribution in [1.29, 1.82) is 0 Å². The Morgan fingerprint density at radius 2 is 1.96 bits per heavy atom. The minimum atomic E-state index is -0.706. The Kier molecular flexibility index (Phi) is 3.16. The topological polar surface area (TPSA) is 65.0 Å². The molecule has 0 unspecified atom stereocenters. The third-order valence-electron chi connectivity index (χ3n) is 8.65. The molecule has 1 N–H and O–H groups in total. The highest BCUT2D eigenvalue weighted by Gasteiger charge is 2.74. The van der Waals surface area contributed by atoms with Crippen LogP contribution in [-0.2, 0) is 19.0 Å². The number of rotatable bonds is 0. The fourth-order valence-corrected chi connectivity index (χ4v) is 7.57. The normalized spacial score (nSPS) is 60.2. The highest BCUT2D eigenvalue weighted by atomic mass is 16.6. The van der Waals surface area contributed by atoms with E-state index < -0.39 is 6.29 Å². The lowest BCUT2D eigenvalue weighted by Crippen LogP contribution is -2.65. The molecule has 2 spiro atoms. The zero-order chi connectivity index (χ0) is 17.7. The molecule has 5 rings (SSSR count). The van der Waals surface area contributed by atoms with Crippen LogP contribution in [0.3, 0.4) is 0 Å². The highest BCUT2D eigenvalue weighted by Crippen LogP contribution is 2.70. The Morgan fingerprint density at radius 1 is 1.16 bits per heavy atom. The van der Waals surface area contributed by atoms with E-state index in [1.807, 2.05) is 0 Å². The summed E-state index contributed by atoms with van der Waals surface area (Å²) >= 11 is 0. The second kappa shape index (κ2) is 4.79. The molecular weight excluding hydrogens is 320 g/mol. The molecule has 2 aliphatic carbocycles. The molecule has 3 heterocycles. The van der Waals surface area contributed by atoms with Crippen molar-refractivity contribution in [3.05, 3.63) is 0 Å². The zero-order valence-corrected chi connectivity index (χ0v) is 15.5. The second-order valence-corrected chi connectivity index (χ2v) is 9.89. The number of fused-ring (bicyclic) bond motifs is 1. The summed E-state index contributed by atoms with van der Waals surface area (Å²) in [7, 11) is 0. The standard InChI is InChI=1S/C20H30O5/c1-12-9-13-15-17(2,16(22)24-13)5-4-6-18(15,3)20(12)8-7-19(25-20)10-14(21)23-11-19/h12-15,21H,4-11H2,1-3H3/t12-,13-,14-,15+,17+,18+,19+,20-/m1/s1. The van der Waals surface area contributed by atoms with Crippen LogP contribution in [0, 0.1) is 22.7 Å². The van der Waals surface area contributed by atoms with Gasteiger partial charge in [0.05, 0.1) is 23.2 Å². The Balaban J connectivity index is 1.58. The monoisotopic (exact) mass is 350 g/mol. The van der Waals surface area contributed by atoms with Crippen LogP contribution in [0.5, 0.6) is 0 Å². The molecule has 8 atom stereocenters. The van der Waals surface area contributed by atoms with Crippen molar-refractivity contribution >= 4 is 5.97 Å². The second-order valence-electron chi connectivity index (χ2n) is 9.89. The van der Waals surface area contributed by atoms with Crippen molar-refractivity contribution in [3.63, 3.8) is 0 Å². The van der Waals surface area contributed by atoms with Gasteiger partial charge in [-0.25, -0.2) is 0 Å². The minimum absolute atomic E-state index is 0.00464. The first-order valence-electron chi connectivity index (χ1n) is 9.96. The lowest BCUT2D eigenvalue weighted by Gasteiger charge is -2.62. The summed E-state index contributed by atoms with van der Waals surface area (Å²) in [5, 5.41) is 9.91.